The van der Waals surface area contributed by atoms with Crippen molar-refractivity contribution in [2.24, 2.45) is 0 Å². The molecule has 7 heteroatoms. The van der Waals surface area contributed by atoms with Gasteiger partial charge >= 0.3 is 5.69 Å². The van der Waals surface area contributed by atoms with E-state index in [-0.39, 0.29) is 6.42 Å². The van der Waals surface area contributed by atoms with Crippen molar-refractivity contribution in [2.45, 2.75) is 24.9 Å². The normalized spacial score (nSPS) is 31.2. The van der Waals surface area contributed by atoms with Crippen molar-refractivity contribution in [1.29, 1.82) is 0 Å². The molecule has 16 heavy (non-hydrogen) atoms. The van der Waals surface area contributed by atoms with E-state index in [4.69, 9.17) is 12.6 Å². The van der Waals surface area contributed by atoms with Crippen LogP contribution < -0.4 is 11.2 Å². The zero-order valence-corrected chi connectivity index (χ0v) is 8.21. The molecule has 3 N–H and O–H groups in total. The van der Waals surface area contributed by atoms with E-state index in [9.17, 15) is 14.7 Å². The Balaban J connectivity index is 2.45. The number of nitrogens with one attached hydrogen (secondary N) is 1. The summed E-state index contributed by atoms with van der Waals surface area (Å²) in [6, 6.07) is -0.653. The summed E-state index contributed by atoms with van der Waals surface area (Å²) in [6.07, 6.45) is -3.37. The van der Waals surface area contributed by atoms with Crippen LogP contribution in [0.4, 0.5) is 0 Å². The zero-order chi connectivity index (χ0) is 13.4. The second-order valence-corrected chi connectivity index (χ2v) is 3.48. The molecule has 3 atom stereocenters. The first-order valence-corrected chi connectivity index (χ1v) is 4.72. The summed E-state index contributed by atoms with van der Waals surface area (Å²) in [5.74, 6) is 0. The van der Waals surface area contributed by atoms with Gasteiger partial charge in [0.2, 0.25) is 0 Å². The van der Waals surface area contributed by atoms with Crippen LogP contribution in [-0.2, 0) is 4.74 Å². The highest BCUT2D eigenvalue weighted by Crippen LogP contribution is 2.26. The van der Waals surface area contributed by atoms with Crippen LogP contribution in [0.1, 0.15) is 15.4 Å². The highest BCUT2D eigenvalue weighted by atomic mass is 16.5. The maximum Gasteiger partial charge on any atom is 0.330 e. The Bertz CT molecular complexity index is 569. The van der Waals surface area contributed by atoms with Crippen LogP contribution in [0.2, 0.25) is 0 Å². The molecule has 1 fully saturated rings. The predicted octanol–water partition coefficient (Wildman–Crippen LogP) is -1.82. The number of aromatic nitrogens is 2. The van der Waals surface area contributed by atoms with Crippen LogP contribution >= 0.6 is 0 Å². The number of hydrogen-bond acceptors (Lipinski definition) is 5. The summed E-state index contributed by atoms with van der Waals surface area (Å²) in [5, 5.41) is 18.5. The third-order valence-corrected chi connectivity index (χ3v) is 2.40. The van der Waals surface area contributed by atoms with Gasteiger partial charge in [0.15, 0.2) is 0 Å². The van der Waals surface area contributed by atoms with Crippen LogP contribution in [0.25, 0.3) is 0 Å². The summed E-state index contributed by atoms with van der Waals surface area (Å²) >= 11 is 0. The second kappa shape index (κ2) is 4.20. The van der Waals surface area contributed by atoms with Crippen molar-refractivity contribution >= 4 is 0 Å². The number of aliphatic hydroxyl groups excluding tert-OH is 2. The van der Waals surface area contributed by atoms with Gasteiger partial charge in [-0.3, -0.25) is 14.3 Å². The van der Waals surface area contributed by atoms with Crippen LogP contribution in [0, 0.1) is 0 Å². The van der Waals surface area contributed by atoms with Gasteiger partial charge in [-0.15, -0.1) is 0 Å². The summed E-state index contributed by atoms with van der Waals surface area (Å²) in [4.78, 5) is 24.6. The molecule has 1 saturated heterocycles. The van der Waals surface area contributed by atoms with E-state index >= 15 is 0 Å². The topological polar surface area (TPSA) is 105 Å². The van der Waals surface area contributed by atoms with Crippen LogP contribution in [0.15, 0.2) is 21.8 Å². The van der Waals surface area contributed by atoms with Gasteiger partial charge in [-0.2, -0.15) is 0 Å². The first kappa shape index (κ1) is 8.68. The van der Waals surface area contributed by atoms with E-state index in [1.807, 2.05) is 4.98 Å². The van der Waals surface area contributed by atoms with Gasteiger partial charge in [-0.1, -0.05) is 0 Å². The van der Waals surface area contributed by atoms with Crippen LogP contribution in [-0.4, -0.2) is 38.6 Å². The summed E-state index contributed by atoms with van der Waals surface area (Å²) in [6.45, 7) is -0.420. The number of aromatic amines is 1. The molecule has 0 aliphatic carbocycles. The molecule has 0 saturated carbocycles. The van der Waals surface area contributed by atoms with E-state index in [0.717, 1.165) is 4.57 Å². The lowest BCUT2D eigenvalue weighted by atomic mass is 10.2. The first-order valence-electron chi connectivity index (χ1n) is 5.72. The molecule has 88 valence electrons. The van der Waals surface area contributed by atoms with Gasteiger partial charge in [0.1, 0.15) is 12.3 Å². The highest BCUT2D eigenvalue weighted by Gasteiger charge is 2.34. The van der Waals surface area contributed by atoms with Crippen LogP contribution in [0.3, 0.4) is 0 Å². The van der Waals surface area contributed by atoms with Gasteiger partial charge < -0.3 is 14.9 Å². The molecular weight excluding hydrogens is 216 g/mol. The minimum absolute atomic E-state index is 0.00248. The Labute approximate surface area is 92.7 Å². The number of aliphatic hydroxyl groups is 2. The van der Waals surface area contributed by atoms with Gasteiger partial charge in [-0.25, -0.2) is 4.79 Å². The average molecular weight is 230 g/mol. The van der Waals surface area contributed by atoms with E-state index in [1.165, 1.54) is 0 Å². The lowest BCUT2D eigenvalue weighted by molar-refractivity contribution is -0.0459. The number of nitrogens with zero attached hydrogens (tertiary/aromatic N) is 1. The highest BCUT2D eigenvalue weighted by molar-refractivity contribution is 4.88. The zero-order valence-electron chi connectivity index (χ0n) is 10.2. The number of H-pyrrole nitrogens is 1. The Morgan fingerprint density at radius 3 is 3.06 bits per heavy atom. The largest absolute Gasteiger partial charge is 0.394 e. The van der Waals surface area contributed by atoms with Crippen molar-refractivity contribution in [2.75, 3.05) is 6.61 Å². The quantitative estimate of drug-likeness (QED) is 0.554. The molecule has 1 aliphatic heterocycles. The van der Waals surface area contributed by atoms with Crippen molar-refractivity contribution < 1.29 is 17.7 Å². The van der Waals surface area contributed by atoms with Crippen molar-refractivity contribution in [3.8, 4) is 0 Å². The Hall–Kier alpha value is -1.44. The summed E-state index contributed by atoms with van der Waals surface area (Å²) in [7, 11) is 0. The Kier molecular flexibility index (Phi) is 2.28. The fourth-order valence-corrected chi connectivity index (χ4v) is 1.59. The number of rotatable bonds is 2. The SMILES string of the molecule is [2H]c1c([2H])n([C@@H]2C[C@@H](O)[C@H](CO)O2)c(=O)[nH]c1=O. The van der Waals surface area contributed by atoms with Crippen molar-refractivity contribution in [1.82, 2.24) is 9.55 Å². The van der Waals surface area contributed by atoms with Gasteiger partial charge in [0, 0.05) is 18.6 Å². The second-order valence-electron chi connectivity index (χ2n) is 3.48. The molecule has 1 aliphatic rings. The molecule has 0 spiro atoms. The molecule has 2 heterocycles. The Morgan fingerprint density at radius 2 is 2.44 bits per heavy atom. The van der Waals surface area contributed by atoms with E-state index in [0.29, 0.717) is 0 Å². The van der Waals surface area contributed by atoms with Gasteiger partial charge in [-0.05, 0) is 0 Å². The molecule has 2 rings (SSSR count). The van der Waals surface area contributed by atoms with Gasteiger partial charge in [0.05, 0.1) is 15.5 Å². The van der Waals surface area contributed by atoms with E-state index in [2.05, 4.69) is 0 Å². The van der Waals surface area contributed by atoms with E-state index in [1.54, 1.807) is 0 Å². The Morgan fingerprint density at radius 1 is 1.69 bits per heavy atom. The fraction of sp³-hybridized carbons (Fsp3) is 0.556. The summed E-state index contributed by atoms with van der Waals surface area (Å²) in [5.41, 5.74) is -1.82. The van der Waals surface area contributed by atoms with Crippen molar-refractivity contribution in [3.63, 3.8) is 0 Å². The maximum atomic E-state index is 11.6. The molecule has 1 aromatic rings. The van der Waals surface area contributed by atoms with E-state index < -0.39 is 48.5 Å². The predicted molar refractivity (Wildman–Crippen MR) is 52.9 cm³/mol. The minimum Gasteiger partial charge on any atom is -0.394 e. The fourth-order valence-electron chi connectivity index (χ4n) is 1.59. The molecule has 0 bridgehead atoms. The third-order valence-electron chi connectivity index (χ3n) is 2.40. The van der Waals surface area contributed by atoms with Gasteiger partial charge in [0.25, 0.3) is 5.56 Å². The molecule has 0 unspecified atom stereocenters. The molecule has 0 radical (unpaired) electrons. The molecule has 1 aromatic heterocycles. The molecule has 0 amide bonds. The third kappa shape index (κ3) is 1.92. The number of ether oxygens (including phenoxy) is 1. The molecular formula is C9H12N2O5. The average Bonchev–Trinajstić information content (AvgIpc) is 2.67. The minimum atomic E-state index is -0.974. The summed E-state index contributed by atoms with van der Waals surface area (Å²) < 4.78 is 20.9. The first-order chi connectivity index (χ1) is 8.45. The maximum absolute atomic E-state index is 11.6. The molecule has 7 nitrogen and oxygen atoms in total. The lowest BCUT2D eigenvalue weighted by Crippen LogP contribution is -2.31. The standard InChI is InChI=1S/C9H12N2O5/c12-4-6-5(13)3-8(16-6)11-2-1-7(14)10-9(11)15/h1-2,5-6,8,12-13H,3-4H2,(H,10,14,15)/t5-,6+,8+/m1/s1/i1D,2D. The lowest BCUT2D eigenvalue weighted by Gasteiger charge is -2.13. The number of hydrogen-bond donors (Lipinski definition) is 3. The van der Waals surface area contributed by atoms with Crippen LogP contribution in [0.5, 0.6) is 0 Å². The van der Waals surface area contributed by atoms with Crippen molar-refractivity contribution in [3.05, 3.63) is 33.1 Å². The monoisotopic (exact) mass is 230 g/mol. The smallest absolute Gasteiger partial charge is 0.330 e. The molecule has 0 aromatic carbocycles.